The zero-order valence-electron chi connectivity index (χ0n) is 21.8. The molecule has 2 atom stereocenters. The van der Waals surface area contributed by atoms with Gasteiger partial charge < -0.3 is 20.2 Å². The van der Waals surface area contributed by atoms with Gasteiger partial charge in [-0.3, -0.25) is 14.4 Å². The number of Topliss-reactive ketones (excluding diaryl/α,β-unsaturated/α-hetero) is 1. The lowest BCUT2D eigenvalue weighted by Gasteiger charge is -2.31. The largest absolute Gasteiger partial charge is 0.478 e. The minimum absolute atomic E-state index is 0.0456. The molecule has 0 saturated carbocycles. The van der Waals surface area contributed by atoms with Crippen molar-refractivity contribution in [3.8, 4) is 0 Å². The zero-order valence-corrected chi connectivity index (χ0v) is 22.6. The number of carboxylic acid groups (broad SMARTS) is 1. The van der Waals surface area contributed by atoms with Gasteiger partial charge in [0.25, 0.3) is 10.9 Å². The van der Waals surface area contributed by atoms with Crippen molar-refractivity contribution in [1.82, 2.24) is 0 Å². The summed E-state index contributed by atoms with van der Waals surface area (Å²) in [5, 5.41) is 16.2. The fourth-order valence-corrected chi connectivity index (χ4v) is 5.41. The smallest absolute Gasteiger partial charge is 0.335 e. The molecular formula is C30H27ClN2O6. The number of carbonyl (C=O) groups is 2. The lowest BCUT2D eigenvalue weighted by Crippen LogP contribution is -2.39. The Bertz CT molecular complexity index is 1700. The maximum atomic E-state index is 13.7. The summed E-state index contributed by atoms with van der Waals surface area (Å²) in [6.45, 7) is 7.79. The zero-order chi connectivity index (χ0) is 28.2. The molecule has 1 aliphatic carbocycles. The van der Waals surface area contributed by atoms with Crippen molar-refractivity contribution >= 4 is 40.4 Å². The van der Waals surface area contributed by atoms with E-state index < -0.39 is 28.8 Å². The van der Waals surface area contributed by atoms with Gasteiger partial charge in [0.1, 0.15) is 22.9 Å². The van der Waals surface area contributed by atoms with E-state index in [1.54, 1.807) is 30.3 Å². The van der Waals surface area contributed by atoms with Crippen LogP contribution in [0, 0.1) is 12.3 Å². The summed E-state index contributed by atoms with van der Waals surface area (Å²) in [5.41, 5.74) is 0.0124. The number of ketones is 1. The van der Waals surface area contributed by atoms with Gasteiger partial charge in [-0.1, -0.05) is 50.6 Å². The van der Waals surface area contributed by atoms with E-state index in [9.17, 15) is 24.3 Å². The minimum Gasteiger partial charge on any atom is -0.478 e. The van der Waals surface area contributed by atoms with Crippen molar-refractivity contribution in [2.45, 2.75) is 46.1 Å². The second-order valence-electron chi connectivity index (χ2n) is 10.9. The van der Waals surface area contributed by atoms with Gasteiger partial charge in [-0.05, 0) is 60.2 Å². The van der Waals surface area contributed by atoms with E-state index >= 15 is 0 Å². The maximum absolute atomic E-state index is 13.7. The molecule has 39 heavy (non-hydrogen) atoms. The fraction of sp³-hybridized carbons (Fsp3) is 0.267. The number of carbonyl (C=O) groups excluding carboxylic acids is 1. The van der Waals surface area contributed by atoms with Gasteiger partial charge in [0.15, 0.2) is 5.78 Å². The Morgan fingerprint density at radius 2 is 1.72 bits per heavy atom. The number of hydrogen-bond acceptors (Lipinski definition) is 7. The van der Waals surface area contributed by atoms with E-state index in [0.29, 0.717) is 27.6 Å². The Morgan fingerprint density at radius 1 is 1.03 bits per heavy atom. The number of halogens is 1. The number of furan rings is 1. The predicted octanol–water partition coefficient (Wildman–Crippen LogP) is 6.00. The quantitative estimate of drug-likeness (QED) is 0.241. The number of aromatic carboxylic acids is 1. The van der Waals surface area contributed by atoms with Crippen LogP contribution in [0.5, 0.6) is 0 Å². The van der Waals surface area contributed by atoms with Crippen LogP contribution in [0.3, 0.4) is 0 Å². The Hall–Kier alpha value is -4.17. The molecule has 1 unspecified atom stereocenters. The molecule has 1 heterocycles. The molecule has 9 heteroatoms. The highest BCUT2D eigenvalue weighted by atomic mass is 35.5. The number of nitrogens with one attached hydrogen (secondary N) is 2. The van der Waals surface area contributed by atoms with E-state index in [4.69, 9.17) is 16.0 Å². The van der Waals surface area contributed by atoms with Crippen molar-refractivity contribution < 1.29 is 19.1 Å². The molecule has 1 aliphatic rings. The van der Waals surface area contributed by atoms with Crippen LogP contribution in [0.4, 0.5) is 17.1 Å². The lowest BCUT2D eigenvalue weighted by molar-refractivity contribution is 0.0695. The molecule has 200 valence electrons. The summed E-state index contributed by atoms with van der Waals surface area (Å²) in [6.07, 6.45) is 0.216. The van der Waals surface area contributed by atoms with Crippen LogP contribution < -0.4 is 21.5 Å². The normalized spacial score (nSPS) is 15.8. The van der Waals surface area contributed by atoms with Gasteiger partial charge in [0.2, 0.25) is 0 Å². The second-order valence-corrected chi connectivity index (χ2v) is 11.3. The summed E-state index contributed by atoms with van der Waals surface area (Å²) >= 11 is 6.46. The molecule has 3 aromatic carbocycles. The molecule has 0 bridgehead atoms. The first-order valence-electron chi connectivity index (χ1n) is 12.5. The van der Waals surface area contributed by atoms with Gasteiger partial charge in [-0.25, -0.2) is 4.79 Å². The molecule has 4 aromatic rings. The summed E-state index contributed by atoms with van der Waals surface area (Å²) in [5.74, 6) is -0.834. The van der Waals surface area contributed by atoms with Crippen LogP contribution in [-0.4, -0.2) is 16.9 Å². The van der Waals surface area contributed by atoms with Crippen LogP contribution in [-0.2, 0) is 6.42 Å². The van der Waals surface area contributed by atoms with Crippen molar-refractivity contribution in [1.29, 1.82) is 0 Å². The number of carboxylic acids is 1. The van der Waals surface area contributed by atoms with E-state index in [1.807, 2.05) is 39.8 Å². The first-order valence-corrected chi connectivity index (χ1v) is 12.9. The number of fused-ring (bicyclic) bond motifs is 1. The molecular weight excluding hydrogens is 520 g/mol. The molecule has 0 amide bonds. The first-order chi connectivity index (χ1) is 18.4. The Morgan fingerprint density at radius 3 is 2.36 bits per heavy atom. The Kier molecular flexibility index (Phi) is 6.47. The number of benzene rings is 2. The third-order valence-electron chi connectivity index (χ3n) is 7.16. The summed E-state index contributed by atoms with van der Waals surface area (Å²) in [7, 11) is 0. The van der Waals surface area contributed by atoms with Gasteiger partial charge in [0.05, 0.1) is 17.5 Å². The molecule has 0 fully saturated rings. The van der Waals surface area contributed by atoms with Crippen molar-refractivity contribution in [2.75, 3.05) is 10.6 Å². The highest BCUT2D eigenvalue weighted by Crippen LogP contribution is 2.43. The molecule has 3 N–H and O–H groups in total. The van der Waals surface area contributed by atoms with Crippen LogP contribution in [0.1, 0.15) is 76.1 Å². The monoisotopic (exact) mass is 546 g/mol. The standard InChI is InChI=1S/C30H27ClN2O6/c1-14-9-12-21(39-14)28(30(2,3)4)33-24-23(26(35)27(24)36)32-20-11-10-19(31)18-13-17(25(34)22(18)20)15-7-5-6-8-16(15)29(37)38/h5-12,17,28,32-33H,13H2,1-4H3,(H,37,38)/t17?,28-/m0/s1. The number of hydrogen-bond donors (Lipinski definition) is 3. The minimum atomic E-state index is -1.13. The van der Waals surface area contributed by atoms with Crippen LogP contribution in [0.15, 0.2) is 62.5 Å². The number of anilines is 3. The van der Waals surface area contributed by atoms with E-state index in [0.717, 1.165) is 5.76 Å². The molecule has 0 spiro atoms. The summed E-state index contributed by atoms with van der Waals surface area (Å²) in [6, 6.07) is 12.8. The average Bonchev–Trinajstić information content (AvgIpc) is 3.47. The molecule has 8 nitrogen and oxygen atoms in total. The first kappa shape index (κ1) is 26.4. The maximum Gasteiger partial charge on any atom is 0.335 e. The van der Waals surface area contributed by atoms with Gasteiger partial charge in [-0.2, -0.15) is 0 Å². The van der Waals surface area contributed by atoms with Crippen molar-refractivity contribution in [3.05, 3.63) is 108 Å². The summed E-state index contributed by atoms with van der Waals surface area (Å²) < 4.78 is 5.82. The highest BCUT2D eigenvalue weighted by Gasteiger charge is 2.38. The SMILES string of the molecule is Cc1ccc([C@H](Nc2c(Nc3ccc(Cl)c4c3C(=O)C(c3ccccc3C(=O)O)C4)c(=O)c2=O)C(C)(C)C)o1. The molecule has 0 radical (unpaired) electrons. The third-order valence-corrected chi connectivity index (χ3v) is 7.52. The Labute approximate surface area is 229 Å². The van der Waals surface area contributed by atoms with Gasteiger partial charge >= 0.3 is 5.97 Å². The number of aryl methyl sites for hydroxylation is 1. The van der Waals surface area contributed by atoms with Crippen molar-refractivity contribution in [3.63, 3.8) is 0 Å². The highest BCUT2D eigenvalue weighted by molar-refractivity contribution is 6.32. The molecule has 1 aromatic heterocycles. The van der Waals surface area contributed by atoms with Gasteiger partial charge in [0, 0.05) is 16.3 Å². The van der Waals surface area contributed by atoms with Crippen LogP contribution >= 0.6 is 11.6 Å². The molecule has 0 aliphatic heterocycles. The van der Waals surface area contributed by atoms with Crippen molar-refractivity contribution in [2.24, 2.45) is 5.41 Å². The van der Waals surface area contributed by atoms with E-state index in [1.165, 1.54) is 6.07 Å². The topological polar surface area (TPSA) is 126 Å². The molecule has 5 rings (SSSR count). The fourth-order valence-electron chi connectivity index (χ4n) is 5.18. The number of rotatable bonds is 7. The second kappa shape index (κ2) is 9.54. The lowest BCUT2D eigenvalue weighted by atomic mass is 9.85. The van der Waals surface area contributed by atoms with E-state index in [2.05, 4.69) is 10.6 Å². The summed E-state index contributed by atoms with van der Waals surface area (Å²) in [4.78, 5) is 50.8. The van der Waals surface area contributed by atoms with Crippen LogP contribution in [0.2, 0.25) is 5.02 Å². The van der Waals surface area contributed by atoms with Gasteiger partial charge in [-0.15, -0.1) is 0 Å². The average molecular weight is 547 g/mol. The van der Waals surface area contributed by atoms with Crippen LogP contribution in [0.25, 0.3) is 0 Å². The van der Waals surface area contributed by atoms with E-state index in [-0.39, 0.29) is 40.1 Å². The Balaban J connectivity index is 1.51. The predicted molar refractivity (Wildman–Crippen MR) is 150 cm³/mol. The molecule has 0 saturated heterocycles. The third kappa shape index (κ3) is 4.55.